The third kappa shape index (κ3) is 3.89. The number of benzene rings is 2. The van der Waals surface area contributed by atoms with Crippen molar-refractivity contribution in [2.45, 2.75) is 0 Å². The molecular formula is C14H8Cl2N2O2. The summed E-state index contributed by atoms with van der Waals surface area (Å²) in [4.78, 5) is 11.7. The summed E-state index contributed by atoms with van der Waals surface area (Å²) in [6.07, 6.45) is -0.673. The summed E-state index contributed by atoms with van der Waals surface area (Å²) in [5.41, 5.74) is 0.917. The number of nitrogens with zero attached hydrogens (tertiary/aromatic N) is 1. The molecule has 0 radical (unpaired) electrons. The van der Waals surface area contributed by atoms with Gasteiger partial charge < -0.3 is 4.74 Å². The van der Waals surface area contributed by atoms with Crippen LogP contribution in [0.4, 0.5) is 10.5 Å². The van der Waals surface area contributed by atoms with Gasteiger partial charge >= 0.3 is 6.09 Å². The Morgan fingerprint density at radius 3 is 2.25 bits per heavy atom. The van der Waals surface area contributed by atoms with Crippen molar-refractivity contribution in [2.75, 3.05) is 5.32 Å². The third-order valence-corrected chi connectivity index (χ3v) is 2.74. The van der Waals surface area contributed by atoms with Crippen LogP contribution in [0.15, 0.2) is 42.5 Å². The van der Waals surface area contributed by atoms with Gasteiger partial charge in [0.1, 0.15) is 5.75 Å². The van der Waals surface area contributed by atoms with Gasteiger partial charge in [0, 0.05) is 15.7 Å². The van der Waals surface area contributed by atoms with Crippen molar-refractivity contribution in [1.82, 2.24) is 0 Å². The molecule has 0 atom stereocenters. The van der Waals surface area contributed by atoms with Gasteiger partial charge in [0.2, 0.25) is 0 Å². The lowest BCUT2D eigenvalue weighted by atomic mass is 10.2. The molecule has 0 heterocycles. The fraction of sp³-hybridized carbons (Fsp3) is 0. The van der Waals surface area contributed by atoms with Gasteiger partial charge in [0.25, 0.3) is 0 Å². The van der Waals surface area contributed by atoms with Crippen LogP contribution in [-0.2, 0) is 0 Å². The molecule has 4 nitrogen and oxygen atoms in total. The number of hydrogen-bond donors (Lipinski definition) is 1. The highest BCUT2D eigenvalue weighted by molar-refractivity contribution is 6.35. The summed E-state index contributed by atoms with van der Waals surface area (Å²) in [5.74, 6) is 0.328. The average Bonchev–Trinajstić information content (AvgIpc) is 2.38. The molecule has 0 aliphatic heterocycles. The SMILES string of the molecule is N#Cc1ccc(OC(=O)Nc2cc(Cl)cc(Cl)c2)cc1. The first-order chi connectivity index (χ1) is 9.56. The lowest BCUT2D eigenvalue weighted by Gasteiger charge is -2.07. The second kappa shape index (κ2) is 6.29. The Bertz CT molecular complexity index is 658. The molecule has 0 aliphatic rings. The van der Waals surface area contributed by atoms with Crippen LogP contribution in [0.1, 0.15) is 5.56 Å². The fourth-order valence-corrected chi connectivity index (χ4v) is 2.00. The maximum absolute atomic E-state index is 11.7. The maximum Gasteiger partial charge on any atom is 0.417 e. The molecule has 0 spiro atoms. The van der Waals surface area contributed by atoms with Crippen LogP contribution in [0.2, 0.25) is 10.0 Å². The van der Waals surface area contributed by atoms with E-state index in [0.29, 0.717) is 27.0 Å². The number of carbonyl (C=O) groups is 1. The van der Waals surface area contributed by atoms with E-state index in [2.05, 4.69) is 5.32 Å². The van der Waals surface area contributed by atoms with E-state index < -0.39 is 6.09 Å². The molecule has 20 heavy (non-hydrogen) atoms. The summed E-state index contributed by atoms with van der Waals surface area (Å²) in [5, 5.41) is 12.0. The maximum atomic E-state index is 11.7. The summed E-state index contributed by atoms with van der Waals surface area (Å²) >= 11 is 11.6. The molecule has 1 amide bonds. The molecule has 6 heteroatoms. The predicted octanol–water partition coefficient (Wildman–Crippen LogP) is 4.48. The number of hydrogen-bond acceptors (Lipinski definition) is 3. The van der Waals surface area contributed by atoms with Crippen molar-refractivity contribution in [3.05, 3.63) is 58.1 Å². The van der Waals surface area contributed by atoms with Crippen LogP contribution in [0.25, 0.3) is 0 Å². The zero-order valence-electron chi connectivity index (χ0n) is 10.1. The second-order valence-corrected chi connectivity index (χ2v) is 4.68. The van der Waals surface area contributed by atoms with E-state index >= 15 is 0 Å². The standard InChI is InChI=1S/C14H8Cl2N2O2/c15-10-5-11(16)7-12(6-10)18-14(19)20-13-3-1-9(8-17)2-4-13/h1-7H,(H,18,19). The van der Waals surface area contributed by atoms with Crippen LogP contribution in [0.3, 0.4) is 0 Å². The van der Waals surface area contributed by atoms with Gasteiger partial charge in [-0.05, 0) is 42.5 Å². The molecule has 0 saturated carbocycles. The van der Waals surface area contributed by atoms with Crippen molar-refractivity contribution in [3.8, 4) is 11.8 Å². The summed E-state index contributed by atoms with van der Waals surface area (Å²) in [7, 11) is 0. The summed E-state index contributed by atoms with van der Waals surface area (Å²) in [6.45, 7) is 0. The molecule has 0 fully saturated rings. The zero-order valence-corrected chi connectivity index (χ0v) is 11.6. The Hall–Kier alpha value is -2.22. The van der Waals surface area contributed by atoms with E-state index in [1.54, 1.807) is 30.3 Å². The molecule has 0 unspecified atom stereocenters. The number of rotatable bonds is 2. The Balaban J connectivity index is 2.03. The quantitative estimate of drug-likeness (QED) is 0.890. The minimum Gasteiger partial charge on any atom is -0.410 e. The average molecular weight is 307 g/mol. The van der Waals surface area contributed by atoms with Gasteiger partial charge in [0.05, 0.1) is 11.6 Å². The predicted molar refractivity (Wildman–Crippen MR) is 77.3 cm³/mol. The number of amides is 1. The zero-order chi connectivity index (χ0) is 14.5. The molecule has 0 aliphatic carbocycles. The topological polar surface area (TPSA) is 62.1 Å². The Labute approximate surface area is 125 Å². The van der Waals surface area contributed by atoms with Crippen LogP contribution in [-0.4, -0.2) is 6.09 Å². The molecule has 0 saturated heterocycles. The van der Waals surface area contributed by atoms with Gasteiger partial charge in [0.15, 0.2) is 0 Å². The van der Waals surface area contributed by atoms with Gasteiger partial charge in [-0.15, -0.1) is 0 Å². The highest BCUT2D eigenvalue weighted by Gasteiger charge is 2.06. The molecule has 1 N–H and O–H groups in total. The lowest BCUT2D eigenvalue weighted by molar-refractivity contribution is 0.215. The highest BCUT2D eigenvalue weighted by Crippen LogP contribution is 2.22. The molecule has 2 rings (SSSR count). The number of nitriles is 1. The van der Waals surface area contributed by atoms with E-state index in [4.69, 9.17) is 33.2 Å². The molecule has 100 valence electrons. The summed E-state index contributed by atoms with van der Waals surface area (Å²) < 4.78 is 5.05. The van der Waals surface area contributed by atoms with E-state index in [-0.39, 0.29) is 0 Å². The normalized spacial score (nSPS) is 9.65. The first-order valence-electron chi connectivity index (χ1n) is 5.52. The lowest BCUT2D eigenvalue weighted by Crippen LogP contribution is -2.16. The van der Waals surface area contributed by atoms with Crippen LogP contribution >= 0.6 is 23.2 Å². The molecule has 0 bridgehead atoms. The van der Waals surface area contributed by atoms with E-state index in [9.17, 15) is 4.79 Å². The Kier molecular flexibility index (Phi) is 4.46. The number of anilines is 1. The van der Waals surface area contributed by atoms with Crippen molar-refractivity contribution in [2.24, 2.45) is 0 Å². The number of carbonyl (C=O) groups excluding carboxylic acids is 1. The van der Waals surface area contributed by atoms with Crippen LogP contribution in [0, 0.1) is 11.3 Å². The van der Waals surface area contributed by atoms with Gasteiger partial charge in [-0.25, -0.2) is 4.79 Å². The Morgan fingerprint density at radius 1 is 1.10 bits per heavy atom. The van der Waals surface area contributed by atoms with E-state index in [0.717, 1.165) is 0 Å². The van der Waals surface area contributed by atoms with Crippen molar-refractivity contribution < 1.29 is 9.53 Å². The number of ether oxygens (including phenoxy) is 1. The van der Waals surface area contributed by atoms with Crippen molar-refractivity contribution in [1.29, 1.82) is 5.26 Å². The van der Waals surface area contributed by atoms with Gasteiger partial charge in [-0.1, -0.05) is 23.2 Å². The van der Waals surface area contributed by atoms with Gasteiger partial charge in [-0.3, -0.25) is 5.32 Å². The Morgan fingerprint density at radius 2 is 1.70 bits per heavy atom. The van der Waals surface area contributed by atoms with Crippen LogP contribution < -0.4 is 10.1 Å². The number of nitrogens with one attached hydrogen (secondary N) is 1. The largest absolute Gasteiger partial charge is 0.417 e. The molecule has 2 aromatic carbocycles. The van der Waals surface area contributed by atoms with Crippen molar-refractivity contribution >= 4 is 35.0 Å². The van der Waals surface area contributed by atoms with E-state index in [1.165, 1.54) is 12.1 Å². The fourth-order valence-electron chi connectivity index (χ4n) is 1.47. The van der Waals surface area contributed by atoms with Crippen LogP contribution in [0.5, 0.6) is 5.75 Å². The third-order valence-electron chi connectivity index (χ3n) is 2.30. The minimum absolute atomic E-state index is 0.328. The molecular weight excluding hydrogens is 299 g/mol. The molecule has 2 aromatic rings. The monoisotopic (exact) mass is 306 g/mol. The number of halogens is 2. The van der Waals surface area contributed by atoms with Crippen molar-refractivity contribution in [3.63, 3.8) is 0 Å². The smallest absolute Gasteiger partial charge is 0.410 e. The minimum atomic E-state index is -0.673. The first-order valence-corrected chi connectivity index (χ1v) is 6.27. The summed E-state index contributed by atoms with van der Waals surface area (Å²) in [6, 6.07) is 12.8. The van der Waals surface area contributed by atoms with E-state index in [1.807, 2.05) is 6.07 Å². The highest BCUT2D eigenvalue weighted by atomic mass is 35.5. The van der Waals surface area contributed by atoms with Gasteiger partial charge in [-0.2, -0.15) is 5.26 Å². The first kappa shape index (κ1) is 14.2. The second-order valence-electron chi connectivity index (χ2n) is 3.81. The molecule has 0 aromatic heterocycles.